The maximum absolute atomic E-state index is 12.9. The molecule has 3 nitrogen and oxygen atoms in total. The van der Waals surface area contributed by atoms with Crippen LogP contribution in [-0.2, 0) is 13.2 Å². The Labute approximate surface area is 103 Å². The smallest absolute Gasteiger partial charge is 0.141 e. The minimum absolute atomic E-state index is 0.101. The first-order valence-electron chi connectivity index (χ1n) is 5.30. The molecule has 1 aromatic carbocycles. The predicted octanol–water partition coefficient (Wildman–Crippen LogP) is 2.43. The van der Waals surface area contributed by atoms with Crippen molar-refractivity contribution in [3.05, 3.63) is 59.4 Å². The lowest BCUT2D eigenvalue weighted by Gasteiger charge is -2.10. The highest BCUT2D eigenvalue weighted by molar-refractivity contribution is 5.33. The molecule has 0 unspecified atom stereocenters. The van der Waals surface area contributed by atoms with Gasteiger partial charge in [0.05, 0.1) is 12.8 Å². The van der Waals surface area contributed by atoms with Gasteiger partial charge in [0.15, 0.2) is 0 Å². The van der Waals surface area contributed by atoms with Crippen molar-refractivity contribution in [3.8, 4) is 5.75 Å². The molecule has 2 aromatic rings. The molecule has 0 aliphatic carbocycles. The molecule has 1 N–H and O–H groups in total. The Kier molecular flexibility index (Phi) is 3.84. The number of aliphatic hydroxyl groups is 1. The first kappa shape index (κ1) is 12.4. The van der Waals surface area contributed by atoms with Crippen LogP contribution in [0.4, 0.5) is 8.78 Å². The molecule has 0 saturated heterocycles. The summed E-state index contributed by atoms with van der Waals surface area (Å²) in [6, 6.07) is 5.15. The second-order valence-electron chi connectivity index (χ2n) is 3.71. The van der Waals surface area contributed by atoms with Crippen molar-refractivity contribution in [2.45, 2.75) is 13.2 Å². The number of hydrogen-bond donors (Lipinski definition) is 1. The summed E-state index contributed by atoms with van der Waals surface area (Å²) in [7, 11) is 0. The normalized spacial score (nSPS) is 10.4. The minimum atomic E-state index is -0.447. The Bertz CT molecular complexity index is 546. The van der Waals surface area contributed by atoms with Crippen molar-refractivity contribution in [2.24, 2.45) is 0 Å². The lowest BCUT2D eigenvalue weighted by Crippen LogP contribution is -2.00. The third kappa shape index (κ3) is 3.01. The van der Waals surface area contributed by atoms with E-state index in [1.54, 1.807) is 0 Å². The second-order valence-corrected chi connectivity index (χ2v) is 3.71. The van der Waals surface area contributed by atoms with Crippen LogP contribution >= 0.6 is 0 Å². The van der Waals surface area contributed by atoms with Crippen molar-refractivity contribution in [2.75, 3.05) is 0 Å². The maximum Gasteiger partial charge on any atom is 0.141 e. The molecule has 0 fully saturated rings. The average molecular weight is 251 g/mol. The Morgan fingerprint density at radius 3 is 2.67 bits per heavy atom. The van der Waals surface area contributed by atoms with E-state index in [0.29, 0.717) is 16.9 Å². The van der Waals surface area contributed by atoms with Crippen LogP contribution in [0.25, 0.3) is 0 Å². The van der Waals surface area contributed by atoms with E-state index in [1.165, 1.54) is 30.5 Å². The van der Waals surface area contributed by atoms with E-state index in [2.05, 4.69) is 4.98 Å². The summed E-state index contributed by atoms with van der Waals surface area (Å²) in [5.74, 6) is -0.528. The highest BCUT2D eigenvalue weighted by Gasteiger charge is 2.05. The van der Waals surface area contributed by atoms with Gasteiger partial charge in [-0.05, 0) is 24.3 Å². The topological polar surface area (TPSA) is 42.4 Å². The molecule has 94 valence electrons. The van der Waals surface area contributed by atoms with Gasteiger partial charge in [0.25, 0.3) is 0 Å². The summed E-state index contributed by atoms with van der Waals surface area (Å²) in [6.45, 7) is -0.224. The fraction of sp³-hybridized carbons (Fsp3) is 0.154. The van der Waals surface area contributed by atoms with Crippen LogP contribution in [0.2, 0.25) is 0 Å². The van der Waals surface area contributed by atoms with Crippen molar-refractivity contribution in [1.29, 1.82) is 0 Å². The first-order valence-corrected chi connectivity index (χ1v) is 5.30. The summed E-state index contributed by atoms with van der Waals surface area (Å²) in [5.41, 5.74) is 0.905. The summed E-state index contributed by atoms with van der Waals surface area (Å²) in [6.07, 6.45) is 2.58. The van der Waals surface area contributed by atoms with E-state index in [4.69, 9.17) is 9.84 Å². The number of ether oxygens (including phenoxy) is 1. The van der Waals surface area contributed by atoms with Crippen LogP contribution in [0.15, 0.2) is 36.7 Å². The van der Waals surface area contributed by atoms with E-state index in [-0.39, 0.29) is 13.2 Å². The molecule has 18 heavy (non-hydrogen) atoms. The molecule has 0 aliphatic rings. The number of aliphatic hydroxyl groups excluding tert-OH is 1. The number of halogens is 2. The zero-order valence-corrected chi connectivity index (χ0v) is 9.44. The third-order valence-electron chi connectivity index (χ3n) is 2.35. The number of hydrogen-bond acceptors (Lipinski definition) is 3. The minimum Gasteiger partial charge on any atom is -0.488 e. The van der Waals surface area contributed by atoms with Crippen molar-refractivity contribution in [3.63, 3.8) is 0 Å². The van der Waals surface area contributed by atoms with E-state index < -0.39 is 11.6 Å². The third-order valence-corrected chi connectivity index (χ3v) is 2.35. The standard InChI is InChI=1S/C13H11F2NO2/c14-11-1-2-13(10(4-11)7-17)18-8-9-3-12(15)6-16-5-9/h1-6,17H,7-8H2. The predicted molar refractivity (Wildman–Crippen MR) is 60.8 cm³/mol. The highest BCUT2D eigenvalue weighted by Crippen LogP contribution is 2.20. The van der Waals surface area contributed by atoms with Crippen LogP contribution in [-0.4, -0.2) is 10.1 Å². The van der Waals surface area contributed by atoms with Crippen molar-refractivity contribution >= 4 is 0 Å². The molecule has 0 aliphatic heterocycles. The molecule has 1 heterocycles. The van der Waals surface area contributed by atoms with Crippen molar-refractivity contribution in [1.82, 2.24) is 4.98 Å². The van der Waals surface area contributed by atoms with Gasteiger partial charge in [-0.1, -0.05) is 0 Å². The molecule has 0 atom stereocenters. The number of benzene rings is 1. The summed E-state index contributed by atoms with van der Waals surface area (Å²) < 4.78 is 31.2. The second kappa shape index (κ2) is 5.55. The molecule has 0 spiro atoms. The molecule has 0 bridgehead atoms. The van der Waals surface area contributed by atoms with E-state index in [9.17, 15) is 8.78 Å². The fourth-order valence-electron chi connectivity index (χ4n) is 1.51. The van der Waals surface area contributed by atoms with Crippen LogP contribution in [0.1, 0.15) is 11.1 Å². The number of rotatable bonds is 4. The molecule has 1 aromatic heterocycles. The monoisotopic (exact) mass is 251 g/mol. The molecular formula is C13H11F2NO2. The van der Waals surface area contributed by atoms with Gasteiger partial charge >= 0.3 is 0 Å². The van der Waals surface area contributed by atoms with Gasteiger partial charge in [0.2, 0.25) is 0 Å². The summed E-state index contributed by atoms with van der Waals surface area (Å²) >= 11 is 0. The van der Waals surface area contributed by atoms with Gasteiger partial charge in [-0.3, -0.25) is 4.98 Å². The molecule has 5 heteroatoms. The van der Waals surface area contributed by atoms with Gasteiger partial charge in [-0.2, -0.15) is 0 Å². The van der Waals surface area contributed by atoms with Gasteiger partial charge in [-0.25, -0.2) is 8.78 Å². The van der Waals surface area contributed by atoms with E-state index >= 15 is 0 Å². The Hall–Kier alpha value is -2.01. The van der Waals surface area contributed by atoms with Gasteiger partial charge in [0.1, 0.15) is 24.0 Å². The maximum atomic E-state index is 12.9. The highest BCUT2D eigenvalue weighted by atomic mass is 19.1. The van der Waals surface area contributed by atoms with Gasteiger partial charge in [0, 0.05) is 17.3 Å². The SMILES string of the molecule is OCc1cc(F)ccc1OCc1cncc(F)c1. The van der Waals surface area contributed by atoms with Gasteiger partial charge in [-0.15, -0.1) is 0 Å². The van der Waals surface area contributed by atoms with Crippen LogP contribution in [0, 0.1) is 11.6 Å². The van der Waals surface area contributed by atoms with Crippen LogP contribution in [0.5, 0.6) is 5.75 Å². The lowest BCUT2D eigenvalue weighted by atomic mass is 10.2. The first-order chi connectivity index (χ1) is 8.69. The molecule has 2 rings (SSSR count). The molecule has 0 radical (unpaired) electrons. The average Bonchev–Trinajstić information content (AvgIpc) is 2.37. The number of aromatic nitrogens is 1. The summed E-state index contributed by atoms with van der Waals surface area (Å²) in [4.78, 5) is 3.69. The van der Waals surface area contributed by atoms with Crippen LogP contribution < -0.4 is 4.74 Å². The van der Waals surface area contributed by atoms with E-state index in [1.807, 2.05) is 0 Å². The Morgan fingerprint density at radius 2 is 1.94 bits per heavy atom. The molecule has 0 saturated carbocycles. The van der Waals surface area contributed by atoms with Crippen molar-refractivity contribution < 1.29 is 18.6 Å². The molecule has 0 amide bonds. The van der Waals surface area contributed by atoms with Crippen LogP contribution in [0.3, 0.4) is 0 Å². The fourth-order valence-corrected chi connectivity index (χ4v) is 1.51. The van der Waals surface area contributed by atoms with Gasteiger partial charge < -0.3 is 9.84 Å². The largest absolute Gasteiger partial charge is 0.488 e. The zero-order valence-electron chi connectivity index (χ0n) is 9.44. The number of pyridine rings is 1. The molecular weight excluding hydrogens is 240 g/mol. The Morgan fingerprint density at radius 1 is 1.11 bits per heavy atom. The van der Waals surface area contributed by atoms with E-state index in [0.717, 1.165) is 6.20 Å². The number of nitrogens with zero attached hydrogens (tertiary/aromatic N) is 1. The quantitative estimate of drug-likeness (QED) is 0.907. The summed E-state index contributed by atoms with van der Waals surface area (Å²) in [5, 5.41) is 9.07. The Balaban J connectivity index is 2.10. The lowest BCUT2D eigenvalue weighted by molar-refractivity contribution is 0.258. The zero-order chi connectivity index (χ0) is 13.0.